The fourth-order valence-electron chi connectivity index (χ4n) is 4.45. The lowest BCUT2D eigenvalue weighted by molar-refractivity contribution is -0.117. The van der Waals surface area contributed by atoms with E-state index < -0.39 is 5.60 Å². The average molecular weight is 468 g/mol. The molecule has 1 aliphatic heterocycles. The molecule has 34 heavy (non-hydrogen) atoms. The Labute approximate surface area is 199 Å². The molecule has 1 aromatic rings. The summed E-state index contributed by atoms with van der Waals surface area (Å²) >= 11 is 0. The predicted molar refractivity (Wildman–Crippen MR) is 132 cm³/mol. The molecule has 0 spiro atoms. The van der Waals surface area contributed by atoms with Crippen LogP contribution in [0, 0.1) is 0 Å². The normalized spacial score (nSPS) is 26.2. The molecule has 0 aromatic carbocycles. The summed E-state index contributed by atoms with van der Waals surface area (Å²) in [6, 6.07) is 3.64. The maximum atomic E-state index is 13.3. The van der Waals surface area contributed by atoms with Crippen molar-refractivity contribution in [3.8, 4) is 0 Å². The van der Waals surface area contributed by atoms with Crippen molar-refractivity contribution >= 4 is 24.1 Å². The Morgan fingerprint density at radius 3 is 2.76 bits per heavy atom. The minimum absolute atomic E-state index is 0.0704. The number of rotatable bonds is 6. The van der Waals surface area contributed by atoms with E-state index in [4.69, 9.17) is 0 Å². The highest BCUT2D eigenvalue weighted by Crippen LogP contribution is 2.34. The third-order valence-electron chi connectivity index (χ3n) is 6.47. The Morgan fingerprint density at radius 2 is 2.12 bits per heavy atom. The van der Waals surface area contributed by atoms with Crippen LogP contribution in [0.4, 0.5) is 5.69 Å². The van der Waals surface area contributed by atoms with Gasteiger partial charge in [-0.3, -0.25) is 9.59 Å². The van der Waals surface area contributed by atoms with Gasteiger partial charge in [0.1, 0.15) is 17.3 Å². The molecule has 10 nitrogen and oxygen atoms in total. The number of hydrazone groups is 1. The molecule has 2 saturated carbocycles. The van der Waals surface area contributed by atoms with Gasteiger partial charge in [-0.1, -0.05) is 0 Å². The van der Waals surface area contributed by atoms with E-state index in [1.807, 2.05) is 13.0 Å². The van der Waals surface area contributed by atoms with Crippen molar-refractivity contribution in [2.75, 3.05) is 12.4 Å². The molecule has 0 radical (unpaired) electrons. The number of amidine groups is 1. The van der Waals surface area contributed by atoms with Crippen LogP contribution in [-0.2, 0) is 4.79 Å². The number of aliphatic hydroxyl groups is 1. The summed E-state index contributed by atoms with van der Waals surface area (Å²) in [6.45, 7) is 7.12. The standard InChI is InChI=1S/C24H33N7O3/c1-15(22(32)27-16-9-10-16)21-29-19(13-20(25-3)31(21)26-4)28-18-8-6-12-30(23(18)33)17-7-5-11-24(2,34)14-17/h6,8,12-13,16-17,25,34H,4-5,7,9-11,14H2,1-3H3,(H,27,32)(H,28,29)/b21-15+/t17-,24+/m0/s1. The predicted octanol–water partition coefficient (Wildman–Crippen LogP) is 2.03. The molecule has 182 valence electrons. The largest absolute Gasteiger partial charge is 0.390 e. The number of hydrogen-bond donors (Lipinski definition) is 4. The molecular formula is C24H33N7O3. The topological polar surface area (TPSA) is 123 Å². The number of carbonyl (C=O) groups is 1. The summed E-state index contributed by atoms with van der Waals surface area (Å²) in [7, 11) is 1.73. The van der Waals surface area contributed by atoms with Crippen molar-refractivity contribution < 1.29 is 9.90 Å². The molecule has 0 unspecified atom stereocenters. The summed E-state index contributed by atoms with van der Waals surface area (Å²) in [6.07, 6.45) is 8.39. The van der Waals surface area contributed by atoms with Gasteiger partial charge in [-0.2, -0.15) is 10.1 Å². The molecule has 2 fully saturated rings. The lowest BCUT2D eigenvalue weighted by atomic mass is 9.83. The van der Waals surface area contributed by atoms with Crippen LogP contribution in [0.1, 0.15) is 58.4 Å². The van der Waals surface area contributed by atoms with Gasteiger partial charge in [0.2, 0.25) is 0 Å². The quantitative estimate of drug-likeness (QED) is 0.375. The number of anilines is 1. The number of amides is 1. The molecule has 2 heterocycles. The van der Waals surface area contributed by atoms with E-state index in [9.17, 15) is 14.7 Å². The minimum atomic E-state index is -0.775. The maximum Gasteiger partial charge on any atom is 0.274 e. The van der Waals surface area contributed by atoms with Crippen LogP contribution in [-0.4, -0.2) is 51.8 Å². The number of aliphatic imine (C=N–C) groups is 1. The zero-order valence-electron chi connectivity index (χ0n) is 20.0. The van der Waals surface area contributed by atoms with Crippen LogP contribution in [0.3, 0.4) is 0 Å². The van der Waals surface area contributed by atoms with Crippen LogP contribution >= 0.6 is 0 Å². The van der Waals surface area contributed by atoms with Gasteiger partial charge in [0.25, 0.3) is 11.5 Å². The lowest BCUT2D eigenvalue weighted by Crippen LogP contribution is -2.37. The first-order valence-electron chi connectivity index (χ1n) is 11.7. The molecule has 2 atom stereocenters. The van der Waals surface area contributed by atoms with Crippen LogP contribution in [0.5, 0.6) is 0 Å². The van der Waals surface area contributed by atoms with Gasteiger partial charge in [-0.05, 0) is 64.5 Å². The molecule has 1 aromatic heterocycles. The average Bonchev–Trinajstić information content (AvgIpc) is 3.62. The van der Waals surface area contributed by atoms with E-state index >= 15 is 0 Å². The molecule has 3 aliphatic rings. The number of hydrogen-bond acceptors (Lipinski definition) is 8. The second kappa shape index (κ2) is 9.46. The third kappa shape index (κ3) is 5.06. The molecular weight excluding hydrogens is 434 g/mol. The Morgan fingerprint density at radius 1 is 1.35 bits per heavy atom. The van der Waals surface area contributed by atoms with Gasteiger partial charge in [-0.25, -0.2) is 4.99 Å². The fraction of sp³-hybridized carbons (Fsp3) is 0.500. The number of nitrogens with zero attached hydrogens (tertiary/aromatic N) is 4. The second-order valence-corrected chi connectivity index (χ2v) is 9.43. The molecule has 0 bridgehead atoms. The fourth-order valence-corrected chi connectivity index (χ4v) is 4.45. The summed E-state index contributed by atoms with van der Waals surface area (Å²) in [4.78, 5) is 30.6. The monoisotopic (exact) mass is 467 g/mol. The first kappa shape index (κ1) is 23.7. The summed E-state index contributed by atoms with van der Waals surface area (Å²) in [5.41, 5.74) is -0.208. The number of carbonyl (C=O) groups excluding carboxylic acids is 1. The van der Waals surface area contributed by atoms with Crippen molar-refractivity contribution in [3.63, 3.8) is 0 Å². The third-order valence-corrected chi connectivity index (χ3v) is 6.47. The lowest BCUT2D eigenvalue weighted by Gasteiger charge is -2.35. The molecule has 2 aliphatic carbocycles. The van der Waals surface area contributed by atoms with Gasteiger partial charge in [0, 0.05) is 38.1 Å². The SMILES string of the molecule is C=NN1C(NC)=CC(Nc2cccn([C@H]3CCC[C@@](C)(O)C3)c2=O)=N/C1=C(/C)C(=O)NC1CC1. The number of aromatic nitrogens is 1. The maximum absolute atomic E-state index is 13.3. The molecule has 4 rings (SSSR count). The van der Waals surface area contributed by atoms with E-state index in [1.54, 1.807) is 36.9 Å². The van der Waals surface area contributed by atoms with Crippen molar-refractivity contribution in [3.05, 3.63) is 52.0 Å². The minimum Gasteiger partial charge on any atom is -0.390 e. The highest BCUT2D eigenvalue weighted by molar-refractivity contribution is 6.06. The van der Waals surface area contributed by atoms with Crippen molar-refractivity contribution in [2.45, 2.75) is 70.1 Å². The van der Waals surface area contributed by atoms with E-state index in [1.165, 1.54) is 5.01 Å². The van der Waals surface area contributed by atoms with Crippen LogP contribution in [0.25, 0.3) is 0 Å². The van der Waals surface area contributed by atoms with Gasteiger partial charge in [0.05, 0.1) is 11.2 Å². The van der Waals surface area contributed by atoms with Gasteiger partial charge >= 0.3 is 0 Å². The summed E-state index contributed by atoms with van der Waals surface area (Å²) < 4.78 is 1.69. The van der Waals surface area contributed by atoms with E-state index in [-0.39, 0.29) is 23.6 Å². The highest BCUT2D eigenvalue weighted by atomic mass is 16.3. The van der Waals surface area contributed by atoms with Crippen molar-refractivity contribution in [1.82, 2.24) is 20.2 Å². The smallest absolute Gasteiger partial charge is 0.274 e. The summed E-state index contributed by atoms with van der Waals surface area (Å²) in [5, 5.41) is 25.1. The molecule has 0 saturated heterocycles. The molecule has 1 amide bonds. The molecule has 10 heteroatoms. The van der Waals surface area contributed by atoms with E-state index in [2.05, 4.69) is 32.8 Å². The van der Waals surface area contributed by atoms with E-state index in [0.717, 1.165) is 32.1 Å². The van der Waals surface area contributed by atoms with E-state index in [0.29, 0.717) is 35.2 Å². The van der Waals surface area contributed by atoms with Crippen LogP contribution in [0.15, 0.2) is 56.5 Å². The highest BCUT2D eigenvalue weighted by Gasteiger charge is 2.32. The van der Waals surface area contributed by atoms with Gasteiger partial charge in [0.15, 0.2) is 5.82 Å². The van der Waals surface area contributed by atoms with Crippen LogP contribution in [0.2, 0.25) is 0 Å². The first-order valence-corrected chi connectivity index (χ1v) is 11.7. The van der Waals surface area contributed by atoms with Gasteiger partial charge in [-0.15, -0.1) is 0 Å². The zero-order chi connectivity index (χ0) is 24.5. The Balaban J connectivity index is 1.65. The summed E-state index contributed by atoms with van der Waals surface area (Å²) in [5.74, 6) is 1.06. The zero-order valence-corrected chi connectivity index (χ0v) is 20.0. The number of nitrogens with one attached hydrogen (secondary N) is 3. The Kier molecular flexibility index (Phi) is 6.60. The molecule has 4 N–H and O–H groups in total. The van der Waals surface area contributed by atoms with Gasteiger partial charge < -0.3 is 25.6 Å². The Bertz CT molecular complexity index is 1130. The Hall–Kier alpha value is -3.40. The van der Waals surface area contributed by atoms with Crippen molar-refractivity contribution in [1.29, 1.82) is 0 Å². The van der Waals surface area contributed by atoms with Crippen LogP contribution < -0.4 is 21.5 Å². The second-order valence-electron chi connectivity index (χ2n) is 9.43. The van der Waals surface area contributed by atoms with Crippen molar-refractivity contribution in [2.24, 2.45) is 10.1 Å². The number of pyridine rings is 1. The first-order chi connectivity index (χ1) is 16.2.